The third-order valence-electron chi connectivity index (χ3n) is 1.89. The number of carbonyl (C=O) groups excluding carboxylic acids is 1. The van der Waals surface area contributed by atoms with Crippen LogP contribution in [0, 0.1) is 5.82 Å². The first-order valence-corrected chi connectivity index (χ1v) is 4.51. The number of carbonyl (C=O) groups is 1. The second-order valence-corrected chi connectivity index (χ2v) is 3.09. The van der Waals surface area contributed by atoms with Crippen LogP contribution in [0.25, 0.3) is 0 Å². The standard InChI is InChI=1S/C10H9F4NO/c1-2-9(16)15-8-5-6(10(12,13)14)3-4-7(8)11/h3-5H,2H2,1H3,(H,15,16). The molecule has 1 rings (SSSR count). The van der Waals surface area contributed by atoms with Crippen LogP contribution in [0.1, 0.15) is 18.9 Å². The van der Waals surface area contributed by atoms with Crippen LogP contribution in [-0.2, 0) is 11.0 Å². The molecule has 1 N–H and O–H groups in total. The van der Waals surface area contributed by atoms with Gasteiger partial charge in [-0.3, -0.25) is 4.79 Å². The Labute approximate surface area is 89.3 Å². The lowest BCUT2D eigenvalue weighted by molar-refractivity contribution is -0.137. The van der Waals surface area contributed by atoms with Gasteiger partial charge in [-0.25, -0.2) is 4.39 Å². The minimum atomic E-state index is -4.56. The second kappa shape index (κ2) is 4.51. The predicted molar refractivity (Wildman–Crippen MR) is 50.3 cm³/mol. The molecule has 0 radical (unpaired) electrons. The SMILES string of the molecule is CCC(=O)Nc1cc(C(F)(F)F)ccc1F. The number of rotatable bonds is 2. The molecule has 1 aromatic carbocycles. The third kappa shape index (κ3) is 2.95. The molecule has 0 aliphatic carbocycles. The van der Waals surface area contributed by atoms with Gasteiger partial charge >= 0.3 is 6.18 Å². The van der Waals surface area contributed by atoms with Gasteiger partial charge in [0, 0.05) is 6.42 Å². The molecule has 0 aliphatic heterocycles. The van der Waals surface area contributed by atoms with Gasteiger partial charge in [-0.15, -0.1) is 0 Å². The normalized spacial score (nSPS) is 11.3. The highest BCUT2D eigenvalue weighted by Gasteiger charge is 2.31. The lowest BCUT2D eigenvalue weighted by Crippen LogP contribution is -2.13. The third-order valence-corrected chi connectivity index (χ3v) is 1.89. The van der Waals surface area contributed by atoms with E-state index in [4.69, 9.17) is 0 Å². The van der Waals surface area contributed by atoms with Crippen molar-refractivity contribution in [2.75, 3.05) is 5.32 Å². The molecule has 0 unspecified atom stereocenters. The summed E-state index contributed by atoms with van der Waals surface area (Å²) in [5, 5.41) is 2.06. The highest BCUT2D eigenvalue weighted by molar-refractivity contribution is 5.90. The van der Waals surface area contributed by atoms with Gasteiger partial charge in [0.05, 0.1) is 11.3 Å². The van der Waals surface area contributed by atoms with Crippen LogP contribution < -0.4 is 5.32 Å². The van der Waals surface area contributed by atoms with Crippen molar-refractivity contribution in [1.82, 2.24) is 0 Å². The second-order valence-electron chi connectivity index (χ2n) is 3.09. The fourth-order valence-corrected chi connectivity index (χ4v) is 1.04. The maximum absolute atomic E-state index is 13.1. The molecule has 0 aromatic heterocycles. The van der Waals surface area contributed by atoms with Crippen molar-refractivity contribution in [3.63, 3.8) is 0 Å². The van der Waals surface area contributed by atoms with E-state index < -0.39 is 29.2 Å². The van der Waals surface area contributed by atoms with Gasteiger partial charge in [-0.05, 0) is 18.2 Å². The predicted octanol–water partition coefficient (Wildman–Crippen LogP) is 3.19. The molecule has 0 saturated carbocycles. The molecule has 0 heterocycles. The van der Waals surface area contributed by atoms with Crippen molar-refractivity contribution in [3.8, 4) is 0 Å². The largest absolute Gasteiger partial charge is 0.416 e. The van der Waals surface area contributed by atoms with Gasteiger partial charge in [0.15, 0.2) is 0 Å². The minimum absolute atomic E-state index is 0.0652. The van der Waals surface area contributed by atoms with E-state index >= 15 is 0 Å². The Bertz CT molecular complexity index is 400. The Hall–Kier alpha value is -1.59. The lowest BCUT2D eigenvalue weighted by atomic mass is 10.2. The van der Waals surface area contributed by atoms with Crippen molar-refractivity contribution >= 4 is 11.6 Å². The monoisotopic (exact) mass is 235 g/mol. The van der Waals surface area contributed by atoms with Crippen LogP contribution in [0.3, 0.4) is 0 Å². The zero-order valence-corrected chi connectivity index (χ0v) is 8.36. The lowest BCUT2D eigenvalue weighted by Gasteiger charge is -2.10. The smallest absolute Gasteiger partial charge is 0.324 e. The molecule has 0 aliphatic rings. The maximum Gasteiger partial charge on any atom is 0.416 e. The molecule has 0 saturated heterocycles. The van der Waals surface area contributed by atoms with Crippen LogP contribution in [-0.4, -0.2) is 5.91 Å². The summed E-state index contributed by atoms with van der Waals surface area (Å²) < 4.78 is 49.9. The summed E-state index contributed by atoms with van der Waals surface area (Å²) in [6.45, 7) is 1.51. The van der Waals surface area contributed by atoms with E-state index in [2.05, 4.69) is 5.32 Å². The summed E-state index contributed by atoms with van der Waals surface area (Å²) in [6, 6.07) is 1.87. The number of hydrogen-bond acceptors (Lipinski definition) is 1. The quantitative estimate of drug-likeness (QED) is 0.783. The van der Waals surface area contributed by atoms with Crippen molar-refractivity contribution in [3.05, 3.63) is 29.6 Å². The summed E-state index contributed by atoms with van der Waals surface area (Å²) >= 11 is 0. The Morgan fingerprint density at radius 1 is 1.38 bits per heavy atom. The number of halogens is 4. The summed E-state index contributed by atoms with van der Waals surface area (Å²) in [5.41, 5.74) is -1.46. The Morgan fingerprint density at radius 2 is 2.00 bits per heavy atom. The van der Waals surface area contributed by atoms with Crippen LogP contribution in [0.15, 0.2) is 18.2 Å². The van der Waals surface area contributed by atoms with Crippen LogP contribution in [0.2, 0.25) is 0 Å². The van der Waals surface area contributed by atoms with E-state index in [-0.39, 0.29) is 6.42 Å². The number of alkyl halides is 3. The fourth-order valence-electron chi connectivity index (χ4n) is 1.04. The fraction of sp³-hybridized carbons (Fsp3) is 0.300. The number of benzene rings is 1. The topological polar surface area (TPSA) is 29.1 Å². The average Bonchev–Trinajstić information content (AvgIpc) is 2.19. The molecule has 0 spiro atoms. The van der Waals surface area contributed by atoms with Crippen molar-refractivity contribution in [1.29, 1.82) is 0 Å². The van der Waals surface area contributed by atoms with Crippen LogP contribution in [0.4, 0.5) is 23.2 Å². The van der Waals surface area contributed by atoms with Crippen LogP contribution in [0.5, 0.6) is 0 Å². The summed E-state index contributed by atoms with van der Waals surface area (Å²) in [6.07, 6.45) is -4.49. The summed E-state index contributed by atoms with van der Waals surface area (Å²) in [5.74, 6) is -1.44. The number of anilines is 1. The molecule has 88 valence electrons. The Balaban J connectivity index is 3.04. The Morgan fingerprint density at radius 3 is 2.50 bits per heavy atom. The minimum Gasteiger partial charge on any atom is -0.324 e. The highest BCUT2D eigenvalue weighted by Crippen LogP contribution is 2.31. The molecular weight excluding hydrogens is 226 g/mol. The maximum atomic E-state index is 13.1. The molecule has 16 heavy (non-hydrogen) atoms. The van der Waals surface area contributed by atoms with Gasteiger partial charge in [0.1, 0.15) is 5.82 Å². The molecular formula is C10H9F4NO. The van der Waals surface area contributed by atoms with E-state index in [1.165, 1.54) is 6.92 Å². The number of hydrogen-bond donors (Lipinski definition) is 1. The van der Waals surface area contributed by atoms with Crippen LogP contribution >= 0.6 is 0 Å². The van der Waals surface area contributed by atoms with Gasteiger partial charge in [0.2, 0.25) is 5.91 Å². The van der Waals surface area contributed by atoms with E-state index in [0.717, 1.165) is 0 Å². The molecule has 0 fully saturated rings. The van der Waals surface area contributed by atoms with E-state index in [1.54, 1.807) is 0 Å². The summed E-state index contributed by atoms with van der Waals surface area (Å²) in [4.78, 5) is 10.9. The number of amides is 1. The zero-order valence-electron chi connectivity index (χ0n) is 8.36. The average molecular weight is 235 g/mol. The highest BCUT2D eigenvalue weighted by atomic mass is 19.4. The van der Waals surface area contributed by atoms with Crippen molar-refractivity contribution in [2.24, 2.45) is 0 Å². The van der Waals surface area contributed by atoms with Gasteiger partial charge in [0.25, 0.3) is 0 Å². The Kier molecular flexibility index (Phi) is 3.51. The summed E-state index contributed by atoms with van der Waals surface area (Å²) in [7, 11) is 0. The van der Waals surface area contributed by atoms with E-state index in [0.29, 0.717) is 18.2 Å². The molecule has 1 aromatic rings. The van der Waals surface area contributed by atoms with Gasteiger partial charge in [-0.1, -0.05) is 6.92 Å². The molecule has 0 bridgehead atoms. The molecule has 2 nitrogen and oxygen atoms in total. The molecule has 0 atom stereocenters. The van der Waals surface area contributed by atoms with E-state index in [1.807, 2.05) is 0 Å². The number of nitrogens with one attached hydrogen (secondary N) is 1. The first-order valence-electron chi connectivity index (χ1n) is 4.51. The van der Waals surface area contributed by atoms with Gasteiger partial charge < -0.3 is 5.32 Å². The molecule has 1 amide bonds. The van der Waals surface area contributed by atoms with E-state index in [9.17, 15) is 22.4 Å². The van der Waals surface area contributed by atoms with Gasteiger partial charge in [-0.2, -0.15) is 13.2 Å². The van der Waals surface area contributed by atoms with Crippen molar-refractivity contribution in [2.45, 2.75) is 19.5 Å². The zero-order chi connectivity index (χ0) is 12.3. The first-order chi connectivity index (χ1) is 7.34. The molecule has 6 heteroatoms. The van der Waals surface area contributed by atoms with Crippen molar-refractivity contribution < 1.29 is 22.4 Å². The first kappa shape index (κ1) is 12.5.